The Labute approximate surface area is 117 Å². The van der Waals surface area contributed by atoms with Gasteiger partial charge in [0.25, 0.3) is 0 Å². The van der Waals surface area contributed by atoms with E-state index in [4.69, 9.17) is 0 Å². The monoisotopic (exact) mass is 268 g/mol. The second kappa shape index (κ2) is 4.44. The van der Waals surface area contributed by atoms with E-state index in [2.05, 4.69) is 27.3 Å². The summed E-state index contributed by atoms with van der Waals surface area (Å²) in [6.45, 7) is 1.58. The zero-order valence-corrected chi connectivity index (χ0v) is 11.1. The third kappa shape index (κ3) is 1.73. The maximum atomic E-state index is 12.6. The van der Waals surface area contributed by atoms with Crippen molar-refractivity contribution >= 4 is 5.91 Å². The van der Waals surface area contributed by atoms with Gasteiger partial charge in [0, 0.05) is 19.0 Å². The van der Waals surface area contributed by atoms with Crippen LogP contribution in [0, 0.1) is 0 Å². The second-order valence-corrected chi connectivity index (χ2v) is 5.60. The van der Waals surface area contributed by atoms with Gasteiger partial charge in [-0.1, -0.05) is 24.3 Å². The van der Waals surface area contributed by atoms with E-state index in [1.54, 1.807) is 0 Å². The van der Waals surface area contributed by atoms with E-state index in [-0.39, 0.29) is 11.8 Å². The molecule has 1 aromatic heterocycles. The molecule has 1 saturated heterocycles. The van der Waals surface area contributed by atoms with E-state index in [9.17, 15) is 4.79 Å². The number of aromatic nitrogens is 3. The number of aromatic amines is 1. The van der Waals surface area contributed by atoms with Crippen molar-refractivity contribution in [1.29, 1.82) is 0 Å². The van der Waals surface area contributed by atoms with Crippen LogP contribution in [0.25, 0.3) is 0 Å². The van der Waals surface area contributed by atoms with Gasteiger partial charge in [0.2, 0.25) is 5.91 Å². The summed E-state index contributed by atoms with van der Waals surface area (Å²) in [5.41, 5.74) is 2.53. The number of hydrogen-bond acceptors (Lipinski definition) is 3. The average Bonchev–Trinajstić information content (AvgIpc) is 3.10. The molecule has 0 spiro atoms. The molecule has 1 amide bonds. The van der Waals surface area contributed by atoms with Gasteiger partial charge in [-0.15, -0.1) is 0 Å². The molecule has 1 aromatic carbocycles. The molecular formula is C15H16N4O. The lowest BCUT2D eigenvalue weighted by atomic mass is 9.77. The van der Waals surface area contributed by atoms with Crippen molar-refractivity contribution in [1.82, 2.24) is 20.1 Å². The number of fused-ring (bicyclic) bond motifs is 1. The summed E-state index contributed by atoms with van der Waals surface area (Å²) in [5, 5.41) is 6.80. The SMILES string of the molecule is O=C(C1Cc2ccccc21)N1CCC(c2ncn[nH]2)C1. The first-order chi connectivity index (χ1) is 9.83. The van der Waals surface area contributed by atoms with E-state index in [1.807, 2.05) is 17.0 Å². The predicted octanol–water partition coefficient (Wildman–Crippen LogP) is 1.46. The molecule has 0 radical (unpaired) electrons. The lowest BCUT2D eigenvalue weighted by Gasteiger charge is -2.32. The number of carbonyl (C=O) groups excluding carboxylic acids is 1. The number of amides is 1. The molecule has 2 unspecified atom stereocenters. The number of benzene rings is 1. The van der Waals surface area contributed by atoms with Crippen LogP contribution in [0.3, 0.4) is 0 Å². The highest BCUT2D eigenvalue weighted by Crippen LogP contribution is 2.37. The zero-order valence-electron chi connectivity index (χ0n) is 11.1. The summed E-state index contributed by atoms with van der Waals surface area (Å²) in [4.78, 5) is 18.8. The van der Waals surface area contributed by atoms with Crippen LogP contribution in [-0.4, -0.2) is 39.1 Å². The van der Waals surface area contributed by atoms with E-state index in [1.165, 1.54) is 17.5 Å². The molecule has 1 aliphatic carbocycles. The smallest absolute Gasteiger partial charge is 0.230 e. The second-order valence-electron chi connectivity index (χ2n) is 5.60. The normalized spacial score (nSPS) is 24.3. The van der Waals surface area contributed by atoms with Gasteiger partial charge < -0.3 is 4.90 Å². The minimum absolute atomic E-state index is 0.0691. The minimum atomic E-state index is 0.0691. The molecule has 5 nitrogen and oxygen atoms in total. The summed E-state index contributed by atoms with van der Waals surface area (Å²) in [5.74, 6) is 1.54. The summed E-state index contributed by atoms with van der Waals surface area (Å²) < 4.78 is 0. The van der Waals surface area contributed by atoms with Gasteiger partial charge in [0.1, 0.15) is 12.2 Å². The standard InChI is InChI=1S/C15H16N4O/c20-15(13-7-10-3-1-2-4-12(10)13)19-6-5-11(8-19)14-16-9-17-18-14/h1-4,9,11,13H,5-8H2,(H,16,17,18). The molecule has 1 aliphatic heterocycles. The first-order valence-electron chi connectivity index (χ1n) is 7.05. The van der Waals surface area contributed by atoms with Crippen LogP contribution < -0.4 is 0 Å². The minimum Gasteiger partial charge on any atom is -0.341 e. The average molecular weight is 268 g/mol. The predicted molar refractivity (Wildman–Crippen MR) is 73.2 cm³/mol. The number of hydrogen-bond donors (Lipinski definition) is 1. The molecule has 0 saturated carbocycles. The molecule has 2 aromatic rings. The van der Waals surface area contributed by atoms with Crippen LogP contribution >= 0.6 is 0 Å². The molecular weight excluding hydrogens is 252 g/mol. The Hall–Kier alpha value is -2.17. The fourth-order valence-electron chi connectivity index (χ4n) is 3.29. The van der Waals surface area contributed by atoms with Crippen LogP contribution in [0.5, 0.6) is 0 Å². The third-order valence-corrected chi connectivity index (χ3v) is 4.47. The van der Waals surface area contributed by atoms with Crippen LogP contribution in [-0.2, 0) is 11.2 Å². The van der Waals surface area contributed by atoms with Crippen molar-refractivity contribution < 1.29 is 4.79 Å². The summed E-state index contributed by atoms with van der Waals surface area (Å²) in [6.07, 6.45) is 3.38. The Balaban J connectivity index is 1.47. The maximum absolute atomic E-state index is 12.6. The Morgan fingerprint density at radius 1 is 1.35 bits per heavy atom. The van der Waals surface area contributed by atoms with Gasteiger partial charge in [-0.05, 0) is 24.0 Å². The Bertz CT molecular complexity index is 637. The van der Waals surface area contributed by atoms with Crippen molar-refractivity contribution in [3.05, 3.63) is 47.5 Å². The number of nitrogens with one attached hydrogen (secondary N) is 1. The number of rotatable bonds is 2. The molecule has 1 N–H and O–H groups in total. The van der Waals surface area contributed by atoms with E-state index in [0.29, 0.717) is 5.92 Å². The first-order valence-corrected chi connectivity index (χ1v) is 7.05. The van der Waals surface area contributed by atoms with E-state index >= 15 is 0 Å². The highest BCUT2D eigenvalue weighted by molar-refractivity contribution is 5.87. The largest absolute Gasteiger partial charge is 0.341 e. The summed E-state index contributed by atoms with van der Waals surface area (Å²) >= 11 is 0. The van der Waals surface area contributed by atoms with Crippen LogP contribution in [0.4, 0.5) is 0 Å². The highest BCUT2D eigenvalue weighted by Gasteiger charge is 2.37. The molecule has 0 bridgehead atoms. The lowest BCUT2D eigenvalue weighted by Crippen LogP contribution is -2.38. The molecule has 20 heavy (non-hydrogen) atoms. The van der Waals surface area contributed by atoms with Gasteiger partial charge in [-0.2, -0.15) is 5.10 Å². The van der Waals surface area contributed by atoms with Crippen LogP contribution in [0.2, 0.25) is 0 Å². The third-order valence-electron chi connectivity index (χ3n) is 4.47. The van der Waals surface area contributed by atoms with Gasteiger partial charge >= 0.3 is 0 Å². The molecule has 2 heterocycles. The molecule has 102 valence electrons. The zero-order chi connectivity index (χ0) is 13.5. The van der Waals surface area contributed by atoms with E-state index < -0.39 is 0 Å². The van der Waals surface area contributed by atoms with Crippen molar-refractivity contribution in [2.75, 3.05) is 13.1 Å². The molecule has 4 rings (SSSR count). The van der Waals surface area contributed by atoms with Crippen LogP contribution in [0.1, 0.15) is 35.2 Å². The molecule has 5 heteroatoms. The Morgan fingerprint density at radius 2 is 2.25 bits per heavy atom. The topological polar surface area (TPSA) is 61.9 Å². The molecule has 1 fully saturated rings. The highest BCUT2D eigenvalue weighted by atomic mass is 16.2. The fourth-order valence-corrected chi connectivity index (χ4v) is 3.29. The fraction of sp³-hybridized carbons (Fsp3) is 0.400. The van der Waals surface area contributed by atoms with Gasteiger partial charge in [-0.25, -0.2) is 4.98 Å². The number of likely N-dealkylation sites (tertiary alicyclic amines) is 1. The summed E-state index contributed by atoms with van der Waals surface area (Å²) in [6, 6.07) is 8.24. The van der Waals surface area contributed by atoms with Gasteiger partial charge in [-0.3, -0.25) is 9.89 Å². The van der Waals surface area contributed by atoms with Gasteiger partial charge in [0.05, 0.1) is 5.92 Å². The lowest BCUT2D eigenvalue weighted by molar-refractivity contribution is -0.132. The van der Waals surface area contributed by atoms with Crippen molar-refractivity contribution in [3.8, 4) is 0 Å². The number of nitrogens with zero attached hydrogens (tertiary/aromatic N) is 3. The quantitative estimate of drug-likeness (QED) is 0.897. The van der Waals surface area contributed by atoms with Crippen molar-refractivity contribution in [3.63, 3.8) is 0 Å². The Morgan fingerprint density at radius 3 is 3.05 bits per heavy atom. The van der Waals surface area contributed by atoms with Gasteiger partial charge in [0.15, 0.2) is 0 Å². The summed E-state index contributed by atoms with van der Waals surface area (Å²) in [7, 11) is 0. The van der Waals surface area contributed by atoms with Crippen LogP contribution in [0.15, 0.2) is 30.6 Å². The first kappa shape index (κ1) is 11.6. The van der Waals surface area contributed by atoms with Crippen molar-refractivity contribution in [2.24, 2.45) is 0 Å². The van der Waals surface area contributed by atoms with E-state index in [0.717, 1.165) is 31.8 Å². The molecule has 2 atom stereocenters. The maximum Gasteiger partial charge on any atom is 0.230 e. The van der Waals surface area contributed by atoms with Crippen molar-refractivity contribution in [2.45, 2.75) is 24.7 Å². The molecule has 2 aliphatic rings. The number of H-pyrrole nitrogens is 1. The Kier molecular flexibility index (Phi) is 2.58. The number of carbonyl (C=O) groups is 1.